The van der Waals surface area contributed by atoms with Crippen LogP contribution >= 0.6 is 0 Å². The number of ether oxygens (including phenoxy) is 1. The maximum atomic E-state index is 13.6. The van der Waals surface area contributed by atoms with Crippen LogP contribution in [-0.2, 0) is 15.1 Å². The molecule has 32 heavy (non-hydrogen) atoms. The predicted octanol–water partition coefficient (Wildman–Crippen LogP) is 3.53. The Morgan fingerprint density at radius 1 is 1.00 bits per heavy atom. The van der Waals surface area contributed by atoms with E-state index in [1.807, 2.05) is 13.8 Å². The van der Waals surface area contributed by atoms with E-state index in [0.717, 1.165) is 0 Å². The van der Waals surface area contributed by atoms with Crippen LogP contribution in [-0.4, -0.2) is 34.5 Å². The van der Waals surface area contributed by atoms with E-state index < -0.39 is 35.0 Å². The number of carbonyl (C=O) groups excluding carboxylic acids is 3. The van der Waals surface area contributed by atoms with Crippen molar-refractivity contribution in [3.8, 4) is 0 Å². The topological polar surface area (TPSA) is 119 Å². The van der Waals surface area contributed by atoms with Crippen LogP contribution in [0.2, 0.25) is 0 Å². The lowest BCUT2D eigenvalue weighted by Crippen LogP contribution is -2.46. The van der Waals surface area contributed by atoms with Crippen LogP contribution in [0.3, 0.4) is 0 Å². The number of primary amides is 1. The van der Waals surface area contributed by atoms with Gasteiger partial charge in [0.1, 0.15) is 5.60 Å². The van der Waals surface area contributed by atoms with Crippen molar-refractivity contribution >= 4 is 17.8 Å². The van der Waals surface area contributed by atoms with Crippen molar-refractivity contribution in [1.82, 2.24) is 5.32 Å². The Balaban J connectivity index is 2.53. The quantitative estimate of drug-likeness (QED) is 0.543. The van der Waals surface area contributed by atoms with Gasteiger partial charge in [0.15, 0.2) is 11.4 Å². The summed E-state index contributed by atoms with van der Waals surface area (Å²) >= 11 is 0. The van der Waals surface area contributed by atoms with E-state index in [2.05, 4.69) is 5.32 Å². The number of alkyl carbamates (subject to hydrolysis) is 1. The van der Waals surface area contributed by atoms with Gasteiger partial charge in [-0.05, 0) is 38.7 Å². The first-order valence-electron chi connectivity index (χ1n) is 10.6. The molecule has 0 aromatic heterocycles. The molecular weight excluding hydrogens is 408 g/mol. The van der Waals surface area contributed by atoms with Crippen molar-refractivity contribution in [2.75, 3.05) is 0 Å². The Kier molecular flexibility index (Phi) is 7.80. The second kappa shape index (κ2) is 9.96. The van der Waals surface area contributed by atoms with Gasteiger partial charge in [0.25, 0.3) is 5.91 Å². The summed E-state index contributed by atoms with van der Waals surface area (Å²) in [5.41, 5.74) is 3.07. The van der Waals surface area contributed by atoms with Gasteiger partial charge in [0, 0.05) is 11.1 Å². The van der Waals surface area contributed by atoms with E-state index in [1.54, 1.807) is 63.2 Å². The largest absolute Gasteiger partial charge is 0.444 e. The number of hydrogen-bond donors (Lipinski definition) is 3. The minimum absolute atomic E-state index is 0.0587. The molecule has 2 atom stereocenters. The minimum atomic E-state index is -2.22. The summed E-state index contributed by atoms with van der Waals surface area (Å²) in [7, 11) is 0. The molecule has 0 saturated heterocycles. The Bertz CT molecular complexity index is 966. The molecule has 0 spiro atoms. The Morgan fingerprint density at radius 2 is 1.56 bits per heavy atom. The van der Waals surface area contributed by atoms with Crippen LogP contribution in [0.15, 0.2) is 54.6 Å². The molecule has 0 aliphatic heterocycles. The van der Waals surface area contributed by atoms with Crippen LogP contribution in [0, 0.1) is 5.92 Å². The highest BCUT2D eigenvalue weighted by molar-refractivity contribution is 6.05. The number of rotatable bonds is 8. The molecule has 1 unspecified atom stereocenters. The van der Waals surface area contributed by atoms with E-state index in [9.17, 15) is 19.5 Å². The third-order valence-electron chi connectivity index (χ3n) is 4.85. The zero-order valence-corrected chi connectivity index (χ0v) is 19.2. The van der Waals surface area contributed by atoms with E-state index in [0.29, 0.717) is 6.42 Å². The van der Waals surface area contributed by atoms with Crippen LogP contribution in [0.25, 0.3) is 0 Å². The molecule has 0 aliphatic carbocycles. The first-order chi connectivity index (χ1) is 14.9. The van der Waals surface area contributed by atoms with Crippen molar-refractivity contribution in [3.63, 3.8) is 0 Å². The van der Waals surface area contributed by atoms with Gasteiger partial charge in [0.2, 0.25) is 0 Å². The Morgan fingerprint density at radius 3 is 2.09 bits per heavy atom. The zero-order chi connectivity index (χ0) is 24.1. The van der Waals surface area contributed by atoms with Gasteiger partial charge in [-0.2, -0.15) is 0 Å². The highest BCUT2D eigenvalue weighted by atomic mass is 16.6. The minimum Gasteiger partial charge on any atom is -0.444 e. The fourth-order valence-electron chi connectivity index (χ4n) is 3.46. The second-order valence-corrected chi connectivity index (χ2v) is 9.18. The Hall–Kier alpha value is -3.19. The van der Waals surface area contributed by atoms with Crippen molar-refractivity contribution < 1.29 is 24.2 Å². The molecule has 2 aromatic carbocycles. The van der Waals surface area contributed by atoms with E-state index in [-0.39, 0.29) is 22.6 Å². The van der Waals surface area contributed by atoms with Gasteiger partial charge < -0.3 is 20.9 Å². The molecule has 2 rings (SSSR count). The second-order valence-electron chi connectivity index (χ2n) is 9.18. The average molecular weight is 441 g/mol. The van der Waals surface area contributed by atoms with Gasteiger partial charge in [-0.15, -0.1) is 0 Å². The summed E-state index contributed by atoms with van der Waals surface area (Å²) in [4.78, 5) is 38.4. The maximum absolute atomic E-state index is 13.6. The maximum Gasteiger partial charge on any atom is 0.408 e. The number of amides is 2. The van der Waals surface area contributed by atoms with Crippen molar-refractivity contribution in [2.45, 2.75) is 58.3 Å². The fraction of sp³-hybridized carbons (Fsp3) is 0.400. The summed E-state index contributed by atoms with van der Waals surface area (Å²) in [5, 5.41) is 14.1. The molecule has 2 aromatic rings. The van der Waals surface area contributed by atoms with Gasteiger partial charge in [-0.25, -0.2) is 4.79 Å². The average Bonchev–Trinajstić information content (AvgIpc) is 2.71. The van der Waals surface area contributed by atoms with Crippen molar-refractivity contribution in [1.29, 1.82) is 0 Å². The van der Waals surface area contributed by atoms with Crippen LogP contribution in [0.4, 0.5) is 4.79 Å². The lowest BCUT2D eigenvalue weighted by atomic mass is 9.80. The molecular formula is C25H32N2O5. The number of aliphatic hydroxyl groups is 1. The first-order valence-corrected chi connectivity index (χ1v) is 10.6. The first kappa shape index (κ1) is 25.1. The Labute approximate surface area is 189 Å². The number of hydrogen-bond acceptors (Lipinski definition) is 5. The molecule has 0 heterocycles. The molecule has 172 valence electrons. The molecule has 2 amide bonds. The summed E-state index contributed by atoms with van der Waals surface area (Å²) in [6, 6.07) is 13.5. The molecule has 0 aliphatic rings. The standard InChI is InChI=1S/C25H32N2O5/c1-16(2)15-20(27-23(30)32-24(3,4)5)21(28)18-13-9-10-14-19(18)25(31,22(26)29)17-11-7-6-8-12-17/h6-14,16,20,31H,15H2,1-5H3,(H2,26,29)(H,27,30)/t20-,25?/m0/s1. The van der Waals surface area contributed by atoms with Crippen LogP contribution < -0.4 is 11.1 Å². The molecule has 0 fully saturated rings. The molecule has 0 radical (unpaired) electrons. The number of ketones is 1. The highest BCUT2D eigenvalue weighted by Crippen LogP contribution is 2.33. The molecule has 7 heteroatoms. The van der Waals surface area contributed by atoms with Gasteiger partial charge in [-0.3, -0.25) is 9.59 Å². The van der Waals surface area contributed by atoms with Gasteiger partial charge >= 0.3 is 6.09 Å². The SMILES string of the molecule is CC(C)C[C@H](NC(=O)OC(C)(C)C)C(=O)c1ccccc1C(O)(C(N)=O)c1ccccc1. The van der Waals surface area contributed by atoms with E-state index in [1.165, 1.54) is 12.1 Å². The summed E-state index contributed by atoms with van der Waals surface area (Å²) in [6.45, 7) is 9.04. The summed E-state index contributed by atoms with van der Waals surface area (Å²) in [5.74, 6) is -1.38. The monoisotopic (exact) mass is 440 g/mol. The van der Waals surface area contributed by atoms with Crippen LogP contribution in [0.1, 0.15) is 62.5 Å². The van der Waals surface area contributed by atoms with E-state index >= 15 is 0 Å². The van der Waals surface area contributed by atoms with E-state index in [4.69, 9.17) is 10.5 Å². The lowest BCUT2D eigenvalue weighted by Gasteiger charge is -2.29. The number of Topliss-reactive ketones (excluding diaryl/α,β-unsaturated/α-hetero) is 1. The molecule has 0 bridgehead atoms. The highest BCUT2D eigenvalue weighted by Gasteiger charge is 2.41. The third-order valence-corrected chi connectivity index (χ3v) is 4.85. The predicted molar refractivity (Wildman–Crippen MR) is 122 cm³/mol. The van der Waals surface area contributed by atoms with Gasteiger partial charge in [0.05, 0.1) is 6.04 Å². The van der Waals surface area contributed by atoms with Crippen molar-refractivity contribution in [2.24, 2.45) is 11.7 Å². The lowest BCUT2D eigenvalue weighted by molar-refractivity contribution is -0.133. The molecule has 0 saturated carbocycles. The number of nitrogens with one attached hydrogen (secondary N) is 1. The van der Waals surface area contributed by atoms with Crippen molar-refractivity contribution in [3.05, 3.63) is 71.3 Å². The molecule has 4 N–H and O–H groups in total. The van der Waals surface area contributed by atoms with Crippen LogP contribution in [0.5, 0.6) is 0 Å². The summed E-state index contributed by atoms with van der Waals surface area (Å²) in [6.07, 6.45) is -0.380. The zero-order valence-electron chi connectivity index (χ0n) is 19.2. The molecule has 7 nitrogen and oxygen atoms in total. The fourth-order valence-corrected chi connectivity index (χ4v) is 3.46. The smallest absolute Gasteiger partial charge is 0.408 e. The number of carbonyl (C=O) groups is 3. The van der Waals surface area contributed by atoms with Gasteiger partial charge in [-0.1, -0.05) is 68.4 Å². The third kappa shape index (κ3) is 5.95. The number of nitrogens with two attached hydrogens (primary N) is 1. The normalized spacial score (nSPS) is 14.3. The number of benzene rings is 2. The summed E-state index contributed by atoms with van der Waals surface area (Å²) < 4.78 is 5.32.